The Morgan fingerprint density at radius 3 is 2.59 bits per heavy atom. The van der Waals surface area contributed by atoms with E-state index < -0.39 is 30.0 Å². The van der Waals surface area contributed by atoms with Gasteiger partial charge in [-0.2, -0.15) is 13.2 Å². The van der Waals surface area contributed by atoms with Gasteiger partial charge in [-0.25, -0.2) is 5.84 Å². The standard InChI is InChI=1S/C17H24ClF3N6O2/c1-2-26(15(29)7-3-6-14(28)25-11-17(19,20)21)13(16(18)22)10-27(23)12-5-4-8-24-9-12/h4-5,8-10,16H,2-3,6-7,11,22-23H2,1H3,(H,25,28). The van der Waals surface area contributed by atoms with E-state index in [1.165, 1.54) is 22.3 Å². The lowest BCUT2D eigenvalue weighted by Crippen LogP contribution is -2.39. The van der Waals surface area contributed by atoms with Gasteiger partial charge in [-0.15, -0.1) is 0 Å². The van der Waals surface area contributed by atoms with Crippen molar-refractivity contribution in [3.63, 3.8) is 0 Å². The van der Waals surface area contributed by atoms with Crippen molar-refractivity contribution < 1.29 is 22.8 Å². The van der Waals surface area contributed by atoms with E-state index in [9.17, 15) is 22.8 Å². The summed E-state index contributed by atoms with van der Waals surface area (Å²) in [7, 11) is 0. The molecule has 5 N–H and O–H groups in total. The first-order valence-electron chi connectivity index (χ1n) is 8.74. The molecule has 0 fully saturated rings. The van der Waals surface area contributed by atoms with Gasteiger partial charge in [-0.05, 0) is 25.5 Å². The lowest BCUT2D eigenvalue weighted by molar-refractivity contribution is -0.138. The number of halogens is 4. The van der Waals surface area contributed by atoms with Crippen LogP contribution in [0, 0.1) is 0 Å². The number of hydrazine groups is 1. The molecule has 0 bridgehead atoms. The second kappa shape index (κ2) is 11.6. The number of likely N-dealkylation sites (N-methyl/N-ethyl adjacent to an activating group) is 1. The Bertz CT molecular complexity index is 700. The van der Waals surface area contributed by atoms with Gasteiger partial charge < -0.3 is 16.0 Å². The van der Waals surface area contributed by atoms with Crippen LogP contribution in [0.15, 0.2) is 36.4 Å². The molecule has 0 aliphatic rings. The molecule has 162 valence electrons. The molecule has 0 saturated heterocycles. The number of alkyl halides is 4. The van der Waals surface area contributed by atoms with Crippen LogP contribution in [-0.2, 0) is 9.59 Å². The van der Waals surface area contributed by atoms with Gasteiger partial charge in [-0.3, -0.25) is 19.6 Å². The highest BCUT2D eigenvalue weighted by Gasteiger charge is 2.27. The molecule has 0 saturated carbocycles. The number of aromatic nitrogens is 1. The summed E-state index contributed by atoms with van der Waals surface area (Å²) in [6.07, 6.45) is -0.239. The number of nitrogens with one attached hydrogen (secondary N) is 1. The second-order valence-corrected chi connectivity index (χ2v) is 6.43. The fourth-order valence-electron chi connectivity index (χ4n) is 2.34. The van der Waals surface area contributed by atoms with E-state index in [-0.39, 0.29) is 31.5 Å². The Labute approximate surface area is 171 Å². The zero-order chi connectivity index (χ0) is 22.0. The predicted molar refractivity (Wildman–Crippen MR) is 103 cm³/mol. The topological polar surface area (TPSA) is 118 Å². The normalized spacial score (nSPS) is 13.0. The Morgan fingerprint density at radius 2 is 2.07 bits per heavy atom. The van der Waals surface area contributed by atoms with Crippen molar-refractivity contribution in [2.75, 3.05) is 18.1 Å². The van der Waals surface area contributed by atoms with Crippen molar-refractivity contribution in [2.24, 2.45) is 11.6 Å². The van der Waals surface area contributed by atoms with Crippen molar-refractivity contribution in [3.05, 3.63) is 36.4 Å². The minimum atomic E-state index is -4.48. The van der Waals surface area contributed by atoms with Crippen LogP contribution in [0.3, 0.4) is 0 Å². The van der Waals surface area contributed by atoms with Crippen LogP contribution >= 0.6 is 11.6 Å². The van der Waals surface area contributed by atoms with Crippen LogP contribution in [0.4, 0.5) is 18.9 Å². The molecule has 1 unspecified atom stereocenters. The third-order valence-corrected chi connectivity index (χ3v) is 3.93. The summed E-state index contributed by atoms with van der Waals surface area (Å²) in [5.41, 5.74) is 5.49. The van der Waals surface area contributed by atoms with E-state index in [0.717, 1.165) is 0 Å². The van der Waals surface area contributed by atoms with E-state index >= 15 is 0 Å². The van der Waals surface area contributed by atoms with E-state index in [1.807, 2.05) is 0 Å². The molecule has 1 heterocycles. The van der Waals surface area contributed by atoms with Crippen LogP contribution in [0.25, 0.3) is 0 Å². The maximum atomic E-state index is 12.5. The second-order valence-electron chi connectivity index (χ2n) is 5.96. The van der Waals surface area contributed by atoms with Crippen molar-refractivity contribution in [1.29, 1.82) is 0 Å². The molecule has 0 aromatic carbocycles. The monoisotopic (exact) mass is 436 g/mol. The summed E-state index contributed by atoms with van der Waals surface area (Å²) in [5, 5.41) is 2.97. The molecule has 12 heteroatoms. The maximum absolute atomic E-state index is 12.5. The fraction of sp³-hybridized carbons (Fsp3) is 0.471. The van der Waals surface area contributed by atoms with Crippen molar-refractivity contribution in [3.8, 4) is 0 Å². The maximum Gasteiger partial charge on any atom is 0.405 e. The predicted octanol–water partition coefficient (Wildman–Crippen LogP) is 1.82. The first-order chi connectivity index (χ1) is 13.5. The summed E-state index contributed by atoms with van der Waals surface area (Å²) in [4.78, 5) is 29.2. The van der Waals surface area contributed by atoms with Crippen molar-refractivity contribution in [2.45, 2.75) is 37.9 Å². The highest BCUT2D eigenvalue weighted by atomic mass is 35.5. The van der Waals surface area contributed by atoms with Crippen LogP contribution in [0.1, 0.15) is 26.2 Å². The van der Waals surface area contributed by atoms with Crippen LogP contribution in [-0.4, -0.2) is 46.5 Å². The highest BCUT2D eigenvalue weighted by Crippen LogP contribution is 2.17. The molecule has 0 aliphatic heterocycles. The van der Waals surface area contributed by atoms with Gasteiger partial charge in [0, 0.05) is 31.8 Å². The van der Waals surface area contributed by atoms with Crippen molar-refractivity contribution >= 4 is 29.1 Å². The molecule has 1 atom stereocenters. The summed E-state index contributed by atoms with van der Waals surface area (Å²) < 4.78 is 36.3. The Morgan fingerprint density at radius 1 is 1.38 bits per heavy atom. The lowest BCUT2D eigenvalue weighted by atomic mass is 10.2. The van der Waals surface area contributed by atoms with Crippen LogP contribution in [0.2, 0.25) is 0 Å². The van der Waals surface area contributed by atoms with E-state index in [4.69, 9.17) is 23.2 Å². The number of carbonyl (C=O) groups excluding carboxylic acids is 2. The summed E-state index contributed by atoms with van der Waals surface area (Å²) in [5.74, 6) is 4.78. The first kappa shape index (κ1) is 24.7. The Balaban J connectivity index is 2.72. The molecular formula is C17H24ClF3N6O2. The van der Waals surface area contributed by atoms with Gasteiger partial charge in [0.15, 0.2) is 0 Å². The number of amides is 2. The molecule has 1 aromatic heterocycles. The smallest absolute Gasteiger partial charge is 0.347 e. The Hall–Kier alpha value is -2.37. The van der Waals surface area contributed by atoms with Crippen LogP contribution in [0.5, 0.6) is 0 Å². The van der Waals surface area contributed by atoms with Crippen molar-refractivity contribution in [1.82, 2.24) is 15.2 Å². The van der Waals surface area contributed by atoms with E-state index in [2.05, 4.69) is 4.98 Å². The fourth-order valence-corrected chi connectivity index (χ4v) is 2.51. The van der Waals surface area contributed by atoms with Gasteiger partial charge in [0.2, 0.25) is 11.8 Å². The van der Waals surface area contributed by atoms with Gasteiger partial charge >= 0.3 is 6.18 Å². The SMILES string of the molecule is CCN(C(=O)CCCC(=O)NCC(F)(F)F)C(=CN(N)c1cccnc1)C(N)Cl. The number of carbonyl (C=O) groups is 2. The molecule has 29 heavy (non-hydrogen) atoms. The number of nitrogens with zero attached hydrogens (tertiary/aromatic N) is 3. The summed E-state index contributed by atoms with van der Waals surface area (Å²) >= 11 is 6.01. The molecule has 0 spiro atoms. The van der Waals surface area contributed by atoms with E-state index in [0.29, 0.717) is 5.69 Å². The van der Waals surface area contributed by atoms with Gasteiger partial charge in [0.25, 0.3) is 0 Å². The summed E-state index contributed by atoms with van der Waals surface area (Å²) in [6, 6.07) is 3.37. The van der Waals surface area contributed by atoms with Gasteiger partial charge in [-0.1, -0.05) is 11.6 Å². The number of anilines is 1. The molecule has 2 amide bonds. The van der Waals surface area contributed by atoms with Crippen LogP contribution < -0.4 is 21.9 Å². The van der Waals surface area contributed by atoms with E-state index in [1.54, 1.807) is 30.6 Å². The third kappa shape index (κ3) is 9.11. The largest absolute Gasteiger partial charge is 0.405 e. The minimum Gasteiger partial charge on any atom is -0.347 e. The zero-order valence-electron chi connectivity index (χ0n) is 15.8. The van der Waals surface area contributed by atoms with Gasteiger partial charge in [0.1, 0.15) is 12.0 Å². The number of hydrogen-bond donors (Lipinski definition) is 3. The number of pyridine rings is 1. The zero-order valence-corrected chi connectivity index (χ0v) is 16.6. The third-order valence-electron chi connectivity index (χ3n) is 3.71. The Kier molecular flexibility index (Phi) is 9.86. The average molecular weight is 437 g/mol. The molecule has 1 rings (SSSR count). The number of rotatable bonds is 10. The number of nitrogens with two attached hydrogens (primary N) is 2. The first-order valence-corrected chi connectivity index (χ1v) is 9.18. The average Bonchev–Trinajstić information content (AvgIpc) is 2.66. The lowest BCUT2D eigenvalue weighted by Gasteiger charge is -2.27. The summed E-state index contributed by atoms with van der Waals surface area (Å²) in [6.45, 7) is 0.522. The van der Waals surface area contributed by atoms with Gasteiger partial charge in [0.05, 0.1) is 17.6 Å². The molecule has 1 aromatic rings. The molecule has 0 aliphatic carbocycles. The molecule has 0 radical (unpaired) electrons. The minimum absolute atomic E-state index is 0.0682. The quantitative estimate of drug-likeness (QED) is 0.223. The molecule has 8 nitrogen and oxygen atoms in total. The highest BCUT2D eigenvalue weighted by molar-refractivity contribution is 6.22. The number of hydrogen-bond acceptors (Lipinski definition) is 6. The molecular weight excluding hydrogens is 413 g/mol.